The Labute approximate surface area is 185 Å². The van der Waals surface area contributed by atoms with E-state index in [-0.39, 0.29) is 17.8 Å². The van der Waals surface area contributed by atoms with Gasteiger partial charge in [-0.1, -0.05) is 19.1 Å². The van der Waals surface area contributed by atoms with Crippen LogP contribution in [0.3, 0.4) is 0 Å². The second-order valence-electron chi connectivity index (χ2n) is 8.07. The number of hydrogen-bond acceptors (Lipinski definition) is 6. The Hall–Kier alpha value is -2.87. The van der Waals surface area contributed by atoms with Crippen molar-refractivity contribution in [1.29, 1.82) is 0 Å². The number of amides is 1. The Morgan fingerprint density at radius 3 is 2.65 bits per heavy atom. The molecular weight excluding hydrogens is 413 g/mol. The summed E-state index contributed by atoms with van der Waals surface area (Å²) in [6, 6.07) is 6.23. The lowest BCUT2D eigenvalue weighted by atomic mass is 9.90. The highest BCUT2D eigenvalue weighted by Crippen LogP contribution is 2.33. The topological polar surface area (TPSA) is 71.0 Å². The first kappa shape index (κ1) is 21.4. The van der Waals surface area contributed by atoms with Crippen LogP contribution in [-0.4, -0.2) is 44.9 Å². The van der Waals surface area contributed by atoms with E-state index in [1.54, 1.807) is 24.5 Å². The maximum Gasteiger partial charge on any atom is 0.274 e. The zero-order valence-electron chi connectivity index (χ0n) is 17.9. The van der Waals surface area contributed by atoms with Crippen molar-refractivity contribution in [1.82, 2.24) is 19.9 Å². The van der Waals surface area contributed by atoms with Gasteiger partial charge in [-0.3, -0.25) is 4.79 Å². The smallest absolute Gasteiger partial charge is 0.274 e. The zero-order chi connectivity index (χ0) is 22.0. The minimum absolute atomic E-state index is 0.00854. The Morgan fingerprint density at radius 1 is 1.23 bits per heavy atom. The summed E-state index contributed by atoms with van der Waals surface area (Å²) in [6.45, 7) is 7.27. The minimum Gasteiger partial charge on any atom is -0.352 e. The molecule has 1 N–H and O–H groups in total. The Kier molecular flexibility index (Phi) is 6.27. The molecular formula is C23H26FN5OS. The van der Waals surface area contributed by atoms with Gasteiger partial charge in [-0.15, -0.1) is 11.3 Å². The van der Waals surface area contributed by atoms with Gasteiger partial charge in [0.2, 0.25) is 5.95 Å². The van der Waals surface area contributed by atoms with Crippen molar-refractivity contribution in [3.05, 3.63) is 58.7 Å². The van der Waals surface area contributed by atoms with E-state index >= 15 is 0 Å². The summed E-state index contributed by atoms with van der Waals surface area (Å²) in [6.07, 6.45) is 5.57. The van der Waals surface area contributed by atoms with Crippen molar-refractivity contribution in [3.63, 3.8) is 0 Å². The third-order valence-corrected chi connectivity index (χ3v) is 6.69. The number of anilines is 1. The first-order valence-electron chi connectivity index (χ1n) is 10.5. The molecule has 0 saturated carbocycles. The summed E-state index contributed by atoms with van der Waals surface area (Å²) >= 11 is 1.46. The number of thiazole rings is 1. The molecule has 0 aliphatic carbocycles. The van der Waals surface area contributed by atoms with E-state index in [1.807, 2.05) is 18.7 Å². The summed E-state index contributed by atoms with van der Waals surface area (Å²) in [7, 11) is 0. The summed E-state index contributed by atoms with van der Waals surface area (Å²) in [5, 5.41) is 4.11. The highest BCUT2D eigenvalue weighted by Gasteiger charge is 2.34. The lowest BCUT2D eigenvalue weighted by Gasteiger charge is -2.40. The molecule has 0 unspecified atom stereocenters. The van der Waals surface area contributed by atoms with E-state index in [2.05, 4.69) is 27.2 Å². The lowest BCUT2D eigenvalue weighted by molar-refractivity contribution is 0.0535. The van der Waals surface area contributed by atoms with Gasteiger partial charge in [-0.2, -0.15) is 0 Å². The average Bonchev–Trinajstić information content (AvgIpc) is 3.15. The fraction of sp³-hybridized carbons (Fsp3) is 0.391. The molecule has 0 spiro atoms. The maximum atomic E-state index is 13.6. The van der Waals surface area contributed by atoms with E-state index in [9.17, 15) is 9.18 Å². The number of hydrogen-bond donors (Lipinski definition) is 1. The van der Waals surface area contributed by atoms with E-state index < -0.39 is 0 Å². The molecule has 1 saturated heterocycles. The van der Waals surface area contributed by atoms with Crippen molar-refractivity contribution in [2.75, 3.05) is 18.4 Å². The van der Waals surface area contributed by atoms with Crippen molar-refractivity contribution >= 4 is 23.2 Å². The molecule has 3 aromatic rings. The van der Waals surface area contributed by atoms with E-state index in [4.69, 9.17) is 0 Å². The number of halogens is 1. The number of nitrogens with zero attached hydrogens (tertiary/aromatic N) is 4. The standard InChI is InChI=1S/C23H26FN5OS/c1-14-11-25-23(26-12-14)27-13-19-15(2)5-4-10-29(19)22(30)20-21(31-16(3)28-20)17-6-8-18(24)9-7-17/h6-9,11-12,15,19H,4-5,10,13H2,1-3H3,(H,25,26,27)/t15-,19-/m1/s1. The fourth-order valence-electron chi connectivity index (χ4n) is 4.00. The van der Waals surface area contributed by atoms with Crippen LogP contribution in [0.25, 0.3) is 10.4 Å². The van der Waals surface area contributed by atoms with Gasteiger partial charge in [0.15, 0.2) is 0 Å². The number of likely N-dealkylation sites (tertiary alicyclic amines) is 1. The van der Waals surface area contributed by atoms with Crippen LogP contribution in [-0.2, 0) is 0 Å². The number of benzene rings is 1. The summed E-state index contributed by atoms with van der Waals surface area (Å²) in [4.78, 5) is 29.5. The van der Waals surface area contributed by atoms with Crippen LogP contribution in [0, 0.1) is 25.6 Å². The first-order chi connectivity index (χ1) is 14.9. The van der Waals surface area contributed by atoms with Crippen LogP contribution < -0.4 is 5.32 Å². The Morgan fingerprint density at radius 2 is 1.94 bits per heavy atom. The predicted octanol–water partition coefficient (Wildman–Crippen LogP) is 4.71. The molecule has 31 heavy (non-hydrogen) atoms. The number of aryl methyl sites for hydroxylation is 2. The molecule has 2 atom stereocenters. The van der Waals surface area contributed by atoms with Gasteiger partial charge in [0, 0.05) is 25.5 Å². The average molecular weight is 440 g/mol. The van der Waals surface area contributed by atoms with E-state index in [0.29, 0.717) is 30.6 Å². The molecule has 3 heterocycles. The Bertz CT molecular complexity index is 1050. The number of nitrogens with one attached hydrogen (secondary N) is 1. The van der Waals surface area contributed by atoms with Crippen LogP contribution in [0.15, 0.2) is 36.7 Å². The van der Waals surface area contributed by atoms with Gasteiger partial charge in [0.25, 0.3) is 5.91 Å². The van der Waals surface area contributed by atoms with Crippen molar-refractivity contribution in [2.24, 2.45) is 5.92 Å². The number of rotatable bonds is 5. The van der Waals surface area contributed by atoms with Crippen LogP contribution in [0.1, 0.15) is 40.8 Å². The maximum absolute atomic E-state index is 13.6. The second-order valence-corrected chi connectivity index (χ2v) is 9.27. The van der Waals surface area contributed by atoms with E-state index in [1.165, 1.54) is 23.5 Å². The highest BCUT2D eigenvalue weighted by atomic mass is 32.1. The van der Waals surface area contributed by atoms with Crippen molar-refractivity contribution in [3.8, 4) is 10.4 Å². The van der Waals surface area contributed by atoms with Gasteiger partial charge >= 0.3 is 0 Å². The molecule has 1 aromatic carbocycles. The molecule has 1 aliphatic heterocycles. The molecule has 0 radical (unpaired) electrons. The van der Waals surface area contributed by atoms with Crippen molar-refractivity contribution in [2.45, 2.75) is 39.7 Å². The van der Waals surface area contributed by atoms with Gasteiger partial charge in [0.1, 0.15) is 11.5 Å². The van der Waals surface area contributed by atoms with Crippen molar-refractivity contribution < 1.29 is 9.18 Å². The van der Waals surface area contributed by atoms with Gasteiger partial charge in [-0.05, 0) is 55.9 Å². The summed E-state index contributed by atoms with van der Waals surface area (Å²) in [5.74, 6) is 0.524. The van der Waals surface area contributed by atoms with Crippen LogP contribution in [0.5, 0.6) is 0 Å². The lowest BCUT2D eigenvalue weighted by Crippen LogP contribution is -2.51. The SMILES string of the molecule is Cc1cnc(NC[C@@H]2[C@H](C)CCCN2C(=O)c2nc(C)sc2-c2ccc(F)cc2)nc1. The number of piperidine rings is 1. The molecule has 1 amide bonds. The largest absolute Gasteiger partial charge is 0.352 e. The van der Waals surface area contributed by atoms with Crippen LogP contribution in [0.2, 0.25) is 0 Å². The number of aromatic nitrogens is 3. The monoisotopic (exact) mass is 439 g/mol. The van der Waals surface area contributed by atoms with Crippen LogP contribution in [0.4, 0.5) is 10.3 Å². The summed E-state index contributed by atoms with van der Waals surface area (Å²) in [5.41, 5.74) is 2.25. The first-order valence-corrected chi connectivity index (χ1v) is 11.3. The molecule has 6 nitrogen and oxygen atoms in total. The molecule has 2 aromatic heterocycles. The van der Waals surface area contributed by atoms with E-state index in [0.717, 1.165) is 33.9 Å². The van der Waals surface area contributed by atoms with Gasteiger partial charge in [-0.25, -0.2) is 19.3 Å². The van der Waals surface area contributed by atoms with Gasteiger partial charge < -0.3 is 10.2 Å². The molecule has 1 fully saturated rings. The summed E-state index contributed by atoms with van der Waals surface area (Å²) < 4.78 is 13.4. The quantitative estimate of drug-likeness (QED) is 0.623. The molecule has 1 aliphatic rings. The third kappa shape index (κ3) is 4.74. The predicted molar refractivity (Wildman–Crippen MR) is 121 cm³/mol. The Balaban J connectivity index is 1.58. The van der Waals surface area contributed by atoms with Gasteiger partial charge in [0.05, 0.1) is 15.9 Å². The molecule has 162 valence electrons. The molecule has 8 heteroatoms. The number of carbonyl (C=O) groups excluding carboxylic acids is 1. The van der Waals surface area contributed by atoms with Crippen LogP contribution >= 0.6 is 11.3 Å². The zero-order valence-corrected chi connectivity index (χ0v) is 18.7. The highest BCUT2D eigenvalue weighted by molar-refractivity contribution is 7.15. The second kappa shape index (κ2) is 9.09. The third-order valence-electron chi connectivity index (χ3n) is 5.67. The normalized spacial score (nSPS) is 18.8. The molecule has 0 bridgehead atoms. The fourth-order valence-corrected chi connectivity index (χ4v) is 4.91. The molecule has 4 rings (SSSR count). The minimum atomic E-state index is -0.299. The number of carbonyl (C=O) groups is 1.